The number of benzene rings is 1. The fourth-order valence-corrected chi connectivity index (χ4v) is 3.63. The first-order valence-electron chi connectivity index (χ1n) is 10.5. The van der Waals surface area contributed by atoms with Crippen molar-refractivity contribution in [2.45, 2.75) is 45.6 Å². The molecule has 0 bridgehead atoms. The van der Waals surface area contributed by atoms with E-state index in [9.17, 15) is 8.78 Å². The predicted molar refractivity (Wildman–Crippen MR) is 116 cm³/mol. The molecule has 1 N–H and O–H groups in total. The summed E-state index contributed by atoms with van der Waals surface area (Å²) >= 11 is 0. The van der Waals surface area contributed by atoms with Crippen molar-refractivity contribution in [3.8, 4) is 11.3 Å². The van der Waals surface area contributed by atoms with Gasteiger partial charge in [0.15, 0.2) is 5.65 Å². The van der Waals surface area contributed by atoms with E-state index in [2.05, 4.69) is 30.1 Å². The maximum Gasteiger partial charge on any atom is 0.182 e. The summed E-state index contributed by atoms with van der Waals surface area (Å²) in [7, 11) is 0. The van der Waals surface area contributed by atoms with Crippen LogP contribution in [0.5, 0.6) is 0 Å². The third kappa shape index (κ3) is 4.77. The van der Waals surface area contributed by atoms with E-state index in [1.54, 1.807) is 12.4 Å². The van der Waals surface area contributed by atoms with E-state index in [-0.39, 0.29) is 17.6 Å². The molecular weight excluding hydrogens is 414 g/mol. The molecule has 2 atom stereocenters. The maximum atomic E-state index is 14.5. The van der Waals surface area contributed by atoms with Crippen LogP contribution in [-0.2, 0) is 4.74 Å². The Kier molecular flexibility index (Phi) is 6.45. The third-order valence-corrected chi connectivity index (χ3v) is 5.40. The molecule has 1 aromatic carbocycles. The molecule has 3 aromatic heterocycles. The standard InChI is InChI=1S/C20H20F2N4O.C3H4N2/c1-10-8-13(6-7-27-10)19-25-17(15-5-4-14(21)9-16(15)22)18-20(26-19)24-12(3)11(2)23-18;1-2-4-5-3-1/h4-5,9-10,13H,6-8H2,1-3H3;1-3H,(H,4,5). The summed E-state index contributed by atoms with van der Waals surface area (Å²) in [5, 5.41) is 6.21. The van der Waals surface area contributed by atoms with Crippen LogP contribution in [0.15, 0.2) is 36.7 Å². The molecule has 0 radical (unpaired) electrons. The van der Waals surface area contributed by atoms with Gasteiger partial charge < -0.3 is 4.74 Å². The summed E-state index contributed by atoms with van der Waals surface area (Å²) in [4.78, 5) is 18.4. The number of rotatable bonds is 2. The van der Waals surface area contributed by atoms with Crippen LogP contribution in [0.4, 0.5) is 8.78 Å². The number of ether oxygens (including phenoxy) is 1. The van der Waals surface area contributed by atoms with Gasteiger partial charge >= 0.3 is 0 Å². The smallest absolute Gasteiger partial charge is 0.182 e. The van der Waals surface area contributed by atoms with Crippen LogP contribution in [0.3, 0.4) is 0 Å². The van der Waals surface area contributed by atoms with E-state index in [4.69, 9.17) is 4.74 Å². The van der Waals surface area contributed by atoms with Crippen molar-refractivity contribution in [3.63, 3.8) is 0 Å². The lowest BCUT2D eigenvalue weighted by Crippen LogP contribution is -2.23. The average Bonchev–Trinajstić information content (AvgIpc) is 3.35. The van der Waals surface area contributed by atoms with E-state index in [1.807, 2.05) is 26.8 Å². The van der Waals surface area contributed by atoms with Crippen molar-refractivity contribution < 1.29 is 13.5 Å². The molecule has 4 heterocycles. The van der Waals surface area contributed by atoms with Crippen LogP contribution >= 0.6 is 0 Å². The molecule has 166 valence electrons. The van der Waals surface area contributed by atoms with Gasteiger partial charge in [0.05, 0.1) is 17.5 Å². The molecule has 0 spiro atoms. The molecule has 0 aliphatic carbocycles. The van der Waals surface area contributed by atoms with Gasteiger partial charge in [-0.1, -0.05) is 0 Å². The van der Waals surface area contributed by atoms with E-state index < -0.39 is 11.6 Å². The summed E-state index contributed by atoms with van der Waals surface area (Å²) in [5.74, 6) is -0.606. The fraction of sp³-hybridized carbons (Fsp3) is 0.348. The normalized spacial score (nSPS) is 18.3. The second-order valence-corrected chi connectivity index (χ2v) is 7.79. The summed E-state index contributed by atoms with van der Waals surface area (Å²) in [6.45, 7) is 6.34. The Morgan fingerprint density at radius 3 is 2.53 bits per heavy atom. The van der Waals surface area contributed by atoms with Crippen molar-refractivity contribution in [3.05, 3.63) is 65.5 Å². The largest absolute Gasteiger partial charge is 0.378 e. The highest BCUT2D eigenvalue weighted by Crippen LogP contribution is 2.33. The molecule has 1 fully saturated rings. The number of nitrogens with one attached hydrogen (secondary N) is 1. The van der Waals surface area contributed by atoms with Gasteiger partial charge in [-0.25, -0.2) is 28.7 Å². The number of hydrogen-bond acceptors (Lipinski definition) is 6. The average molecular weight is 438 g/mol. The molecule has 1 aliphatic rings. The Bertz CT molecular complexity index is 1200. The molecule has 1 aliphatic heterocycles. The van der Waals surface area contributed by atoms with Crippen molar-refractivity contribution >= 4 is 11.2 Å². The number of aromatic nitrogens is 6. The zero-order chi connectivity index (χ0) is 22.7. The van der Waals surface area contributed by atoms with Crippen molar-refractivity contribution in [2.24, 2.45) is 0 Å². The van der Waals surface area contributed by atoms with Crippen LogP contribution in [0.25, 0.3) is 22.4 Å². The number of fused-ring (bicyclic) bond motifs is 1. The van der Waals surface area contributed by atoms with Gasteiger partial charge in [-0.2, -0.15) is 5.10 Å². The predicted octanol–water partition coefficient (Wildman–Crippen LogP) is 4.67. The molecule has 2 unspecified atom stereocenters. The lowest BCUT2D eigenvalue weighted by molar-refractivity contribution is 0.0173. The summed E-state index contributed by atoms with van der Waals surface area (Å²) in [5.41, 5.74) is 2.89. The second-order valence-electron chi connectivity index (χ2n) is 7.79. The summed E-state index contributed by atoms with van der Waals surface area (Å²) in [6, 6.07) is 5.30. The van der Waals surface area contributed by atoms with E-state index in [1.165, 1.54) is 12.1 Å². The minimum atomic E-state index is -0.679. The molecular formula is C23H24F2N6O. The number of halogens is 2. The number of H-pyrrole nitrogens is 1. The molecule has 0 amide bonds. The number of nitrogens with zero attached hydrogens (tertiary/aromatic N) is 5. The van der Waals surface area contributed by atoms with Gasteiger partial charge in [0.25, 0.3) is 0 Å². The SMILES string of the molecule is Cc1nc2nc(C3CCOC(C)C3)nc(-c3ccc(F)cc3F)c2nc1C.c1cn[nH]c1. The third-order valence-electron chi connectivity index (χ3n) is 5.40. The van der Waals surface area contributed by atoms with Crippen molar-refractivity contribution in [2.75, 3.05) is 6.61 Å². The Morgan fingerprint density at radius 2 is 1.88 bits per heavy atom. The molecule has 4 aromatic rings. The zero-order valence-electron chi connectivity index (χ0n) is 18.1. The monoisotopic (exact) mass is 438 g/mol. The summed E-state index contributed by atoms with van der Waals surface area (Å²) < 4.78 is 33.5. The van der Waals surface area contributed by atoms with Gasteiger partial charge in [0.1, 0.15) is 28.7 Å². The topological polar surface area (TPSA) is 89.5 Å². The van der Waals surface area contributed by atoms with Gasteiger partial charge in [-0.05, 0) is 51.8 Å². The van der Waals surface area contributed by atoms with Gasteiger partial charge in [-0.15, -0.1) is 0 Å². The van der Waals surface area contributed by atoms with E-state index in [0.29, 0.717) is 29.3 Å². The summed E-state index contributed by atoms with van der Waals surface area (Å²) in [6.07, 6.45) is 5.15. The Hall–Kier alpha value is -3.33. The highest BCUT2D eigenvalue weighted by atomic mass is 19.1. The molecule has 32 heavy (non-hydrogen) atoms. The quantitative estimate of drug-likeness (QED) is 0.489. The lowest BCUT2D eigenvalue weighted by Gasteiger charge is -2.26. The molecule has 9 heteroatoms. The highest BCUT2D eigenvalue weighted by Gasteiger charge is 2.26. The van der Waals surface area contributed by atoms with Crippen LogP contribution in [0.1, 0.15) is 42.9 Å². The van der Waals surface area contributed by atoms with Crippen LogP contribution in [0, 0.1) is 25.5 Å². The minimum Gasteiger partial charge on any atom is -0.378 e. The van der Waals surface area contributed by atoms with Gasteiger partial charge in [-0.3, -0.25) is 5.10 Å². The highest BCUT2D eigenvalue weighted by molar-refractivity contribution is 5.87. The van der Waals surface area contributed by atoms with Gasteiger partial charge in [0, 0.05) is 36.5 Å². The first-order valence-corrected chi connectivity index (χ1v) is 10.5. The fourth-order valence-electron chi connectivity index (χ4n) is 3.63. The Balaban J connectivity index is 0.000000433. The first-order chi connectivity index (χ1) is 15.4. The van der Waals surface area contributed by atoms with Gasteiger partial charge in [0.2, 0.25) is 0 Å². The molecule has 1 saturated heterocycles. The van der Waals surface area contributed by atoms with Crippen LogP contribution in [-0.4, -0.2) is 42.8 Å². The van der Waals surface area contributed by atoms with E-state index in [0.717, 1.165) is 30.3 Å². The maximum absolute atomic E-state index is 14.5. The van der Waals surface area contributed by atoms with Crippen molar-refractivity contribution in [1.29, 1.82) is 0 Å². The zero-order valence-corrected chi connectivity index (χ0v) is 18.1. The lowest BCUT2D eigenvalue weighted by atomic mass is 9.95. The number of hydrogen-bond donors (Lipinski definition) is 1. The van der Waals surface area contributed by atoms with Crippen molar-refractivity contribution in [1.82, 2.24) is 30.1 Å². The Morgan fingerprint density at radius 1 is 1.06 bits per heavy atom. The van der Waals surface area contributed by atoms with E-state index >= 15 is 0 Å². The molecule has 0 saturated carbocycles. The van der Waals surface area contributed by atoms with Crippen LogP contribution < -0.4 is 0 Å². The number of aryl methyl sites for hydroxylation is 2. The Labute approximate surface area is 184 Å². The minimum absolute atomic E-state index is 0.101. The number of aromatic amines is 1. The molecule has 5 rings (SSSR count). The van der Waals surface area contributed by atoms with Crippen LogP contribution in [0.2, 0.25) is 0 Å². The second kappa shape index (κ2) is 9.44. The first kappa shape index (κ1) is 21.9. The molecule has 7 nitrogen and oxygen atoms in total.